The Morgan fingerprint density at radius 1 is 1.62 bits per heavy atom. The second-order valence-corrected chi connectivity index (χ2v) is 3.84. The van der Waals surface area contributed by atoms with E-state index in [1.807, 2.05) is 6.92 Å². The first kappa shape index (κ1) is 12.6. The number of aliphatic hydroxyl groups excluding tert-OH is 1. The highest BCUT2D eigenvalue weighted by atomic mass is 16.3. The molecule has 90 valence electrons. The molecule has 0 radical (unpaired) electrons. The van der Waals surface area contributed by atoms with Crippen LogP contribution in [0.4, 0.5) is 0 Å². The lowest BCUT2D eigenvalue weighted by molar-refractivity contribution is -0.121. The summed E-state index contributed by atoms with van der Waals surface area (Å²) in [5.74, 6) is 0.306. The molecule has 1 aromatic rings. The number of nitrogens with zero attached hydrogens (tertiary/aromatic N) is 3. The molecule has 0 saturated carbocycles. The molecule has 1 aromatic heterocycles. The Morgan fingerprint density at radius 3 is 3.06 bits per heavy atom. The number of nitrogens with one attached hydrogen (secondary N) is 1. The Labute approximate surface area is 94.7 Å². The normalized spacial score (nSPS) is 12.4. The highest BCUT2D eigenvalue weighted by Crippen LogP contribution is 1.98. The number of aryl methyl sites for hydroxylation is 1. The number of hydrogen-bond donors (Lipinski definition) is 2. The molecule has 0 fully saturated rings. The maximum atomic E-state index is 11.4. The van der Waals surface area contributed by atoms with Gasteiger partial charge in [0.25, 0.3) is 0 Å². The van der Waals surface area contributed by atoms with Gasteiger partial charge in [-0.2, -0.15) is 0 Å². The number of carbonyl (C=O) groups excluding carboxylic acids is 1. The van der Waals surface area contributed by atoms with Gasteiger partial charge in [0.15, 0.2) is 0 Å². The lowest BCUT2D eigenvalue weighted by Crippen LogP contribution is -2.29. The van der Waals surface area contributed by atoms with E-state index in [9.17, 15) is 4.79 Å². The van der Waals surface area contributed by atoms with Crippen LogP contribution >= 0.6 is 0 Å². The molecule has 1 rings (SSSR count). The summed E-state index contributed by atoms with van der Waals surface area (Å²) in [5, 5.41) is 18.9. The average Bonchev–Trinajstić information content (AvgIpc) is 2.77. The average molecular weight is 226 g/mol. The van der Waals surface area contributed by atoms with Crippen LogP contribution in [0, 0.1) is 5.92 Å². The van der Waals surface area contributed by atoms with Gasteiger partial charge in [0.1, 0.15) is 0 Å². The van der Waals surface area contributed by atoms with E-state index in [-0.39, 0.29) is 12.5 Å². The van der Waals surface area contributed by atoms with Gasteiger partial charge >= 0.3 is 0 Å². The summed E-state index contributed by atoms with van der Waals surface area (Å²) in [7, 11) is 0. The van der Waals surface area contributed by atoms with Crippen molar-refractivity contribution in [2.45, 2.75) is 26.3 Å². The molecule has 1 unspecified atom stereocenters. The highest BCUT2D eigenvalue weighted by molar-refractivity contribution is 5.75. The fourth-order valence-corrected chi connectivity index (χ4v) is 1.27. The van der Waals surface area contributed by atoms with Gasteiger partial charge < -0.3 is 10.4 Å². The van der Waals surface area contributed by atoms with Crippen molar-refractivity contribution in [3.63, 3.8) is 0 Å². The summed E-state index contributed by atoms with van der Waals surface area (Å²) < 4.78 is 1.62. The summed E-state index contributed by atoms with van der Waals surface area (Å²) in [6, 6.07) is 0. The van der Waals surface area contributed by atoms with Crippen LogP contribution in [-0.2, 0) is 11.3 Å². The second-order valence-electron chi connectivity index (χ2n) is 3.84. The van der Waals surface area contributed by atoms with E-state index in [4.69, 9.17) is 5.11 Å². The topological polar surface area (TPSA) is 80.0 Å². The predicted molar refractivity (Wildman–Crippen MR) is 58.5 cm³/mol. The Morgan fingerprint density at radius 2 is 2.44 bits per heavy atom. The van der Waals surface area contributed by atoms with Crippen molar-refractivity contribution in [3.8, 4) is 0 Å². The zero-order chi connectivity index (χ0) is 11.8. The second kappa shape index (κ2) is 6.95. The highest BCUT2D eigenvalue weighted by Gasteiger charge is 2.05. The molecule has 6 nitrogen and oxygen atoms in total. The minimum Gasteiger partial charge on any atom is -0.396 e. The van der Waals surface area contributed by atoms with Crippen LogP contribution in [0.3, 0.4) is 0 Å². The summed E-state index contributed by atoms with van der Waals surface area (Å²) in [4.78, 5) is 11.4. The van der Waals surface area contributed by atoms with Crippen LogP contribution in [0.2, 0.25) is 0 Å². The van der Waals surface area contributed by atoms with Crippen LogP contribution in [0.5, 0.6) is 0 Å². The molecule has 0 bridgehead atoms. The molecule has 1 heterocycles. The molecular weight excluding hydrogens is 208 g/mol. The predicted octanol–water partition coefficient (Wildman–Crippen LogP) is -0.197. The first-order valence-corrected chi connectivity index (χ1v) is 5.44. The molecule has 1 amide bonds. The lowest BCUT2D eigenvalue weighted by atomic mass is 10.1. The summed E-state index contributed by atoms with van der Waals surface area (Å²) in [5.41, 5.74) is 0. The van der Waals surface area contributed by atoms with Gasteiger partial charge in [0.05, 0.1) is 12.7 Å². The third-order valence-corrected chi connectivity index (χ3v) is 2.31. The van der Waals surface area contributed by atoms with Crippen molar-refractivity contribution >= 4 is 5.91 Å². The summed E-state index contributed by atoms with van der Waals surface area (Å²) in [6.07, 6.45) is 4.42. The first-order valence-electron chi connectivity index (χ1n) is 5.44. The number of rotatable bonds is 7. The van der Waals surface area contributed by atoms with Crippen LogP contribution in [0.1, 0.15) is 19.8 Å². The van der Waals surface area contributed by atoms with Crippen molar-refractivity contribution in [1.82, 2.24) is 20.3 Å². The van der Waals surface area contributed by atoms with Crippen LogP contribution in [0.25, 0.3) is 0 Å². The van der Waals surface area contributed by atoms with Crippen molar-refractivity contribution in [3.05, 3.63) is 12.4 Å². The van der Waals surface area contributed by atoms with Gasteiger partial charge in [0.2, 0.25) is 5.91 Å². The third kappa shape index (κ3) is 4.88. The maximum absolute atomic E-state index is 11.4. The first-order chi connectivity index (χ1) is 7.72. The Hall–Kier alpha value is -1.43. The number of hydrogen-bond acceptors (Lipinski definition) is 4. The summed E-state index contributed by atoms with van der Waals surface area (Å²) >= 11 is 0. The van der Waals surface area contributed by atoms with Gasteiger partial charge in [-0.1, -0.05) is 12.1 Å². The van der Waals surface area contributed by atoms with Gasteiger partial charge in [-0.05, 0) is 12.3 Å². The molecule has 16 heavy (non-hydrogen) atoms. The monoisotopic (exact) mass is 226 g/mol. The third-order valence-electron chi connectivity index (χ3n) is 2.31. The van der Waals surface area contributed by atoms with Crippen LogP contribution in [0.15, 0.2) is 12.4 Å². The van der Waals surface area contributed by atoms with Gasteiger partial charge in [0, 0.05) is 25.8 Å². The summed E-state index contributed by atoms with van der Waals surface area (Å²) in [6.45, 7) is 3.31. The maximum Gasteiger partial charge on any atom is 0.221 e. The fraction of sp³-hybridized carbons (Fsp3) is 0.700. The molecule has 6 heteroatoms. The number of aromatic nitrogens is 3. The standard InChI is InChI=1S/C10H18N4O2/c1-9(3-7-15)8-11-10(16)2-5-14-6-4-12-13-14/h4,6,9,15H,2-3,5,7-8H2,1H3,(H,11,16). The van der Waals surface area contributed by atoms with E-state index in [0.29, 0.717) is 31.8 Å². The number of aliphatic hydroxyl groups is 1. The van der Waals surface area contributed by atoms with E-state index in [0.717, 1.165) is 0 Å². The molecule has 1 atom stereocenters. The van der Waals surface area contributed by atoms with Crippen molar-refractivity contribution in [2.24, 2.45) is 5.92 Å². The number of carbonyl (C=O) groups is 1. The minimum absolute atomic E-state index is 0.000268. The van der Waals surface area contributed by atoms with E-state index >= 15 is 0 Å². The molecule has 0 aliphatic carbocycles. The van der Waals surface area contributed by atoms with E-state index < -0.39 is 0 Å². The zero-order valence-corrected chi connectivity index (χ0v) is 9.46. The van der Waals surface area contributed by atoms with E-state index in [1.54, 1.807) is 17.1 Å². The van der Waals surface area contributed by atoms with Gasteiger partial charge in [-0.25, -0.2) is 0 Å². The van der Waals surface area contributed by atoms with Crippen molar-refractivity contribution < 1.29 is 9.90 Å². The van der Waals surface area contributed by atoms with Crippen molar-refractivity contribution in [1.29, 1.82) is 0 Å². The lowest BCUT2D eigenvalue weighted by Gasteiger charge is -2.10. The zero-order valence-electron chi connectivity index (χ0n) is 9.46. The van der Waals surface area contributed by atoms with Gasteiger partial charge in [-0.15, -0.1) is 5.10 Å². The number of amides is 1. The van der Waals surface area contributed by atoms with Crippen LogP contribution < -0.4 is 5.32 Å². The molecular formula is C10H18N4O2. The molecule has 0 saturated heterocycles. The Kier molecular flexibility index (Phi) is 5.49. The SMILES string of the molecule is CC(CCO)CNC(=O)CCn1ccnn1. The Bertz CT molecular complexity index is 300. The minimum atomic E-state index is 0.000268. The van der Waals surface area contributed by atoms with Gasteiger partial charge in [-0.3, -0.25) is 9.48 Å². The largest absolute Gasteiger partial charge is 0.396 e. The van der Waals surface area contributed by atoms with Crippen molar-refractivity contribution in [2.75, 3.05) is 13.2 Å². The quantitative estimate of drug-likeness (QED) is 0.675. The molecule has 0 aromatic carbocycles. The molecule has 0 spiro atoms. The smallest absolute Gasteiger partial charge is 0.221 e. The molecule has 2 N–H and O–H groups in total. The molecule has 0 aliphatic heterocycles. The van der Waals surface area contributed by atoms with E-state index in [2.05, 4.69) is 15.6 Å². The molecule has 0 aliphatic rings. The fourth-order valence-electron chi connectivity index (χ4n) is 1.27. The van der Waals surface area contributed by atoms with Crippen LogP contribution in [-0.4, -0.2) is 39.2 Å². The Balaban J connectivity index is 2.11. The van der Waals surface area contributed by atoms with E-state index in [1.165, 1.54) is 0 Å².